The summed E-state index contributed by atoms with van der Waals surface area (Å²) in [5.41, 5.74) is 7.74. The summed E-state index contributed by atoms with van der Waals surface area (Å²) in [6, 6.07) is 7.66. The summed E-state index contributed by atoms with van der Waals surface area (Å²) < 4.78 is 0. The smallest absolute Gasteiger partial charge is 0.0752 e. The van der Waals surface area contributed by atoms with Crippen molar-refractivity contribution in [2.45, 2.75) is 31.7 Å². The molecule has 19 heavy (non-hydrogen) atoms. The zero-order valence-corrected chi connectivity index (χ0v) is 12.0. The molecule has 0 fully saturated rings. The molecule has 0 saturated carbocycles. The normalized spacial score (nSPS) is 13.7. The quantitative estimate of drug-likeness (QED) is 0.903. The average molecular weight is 279 g/mol. The molecule has 0 aliphatic rings. The van der Waals surface area contributed by atoms with Crippen molar-refractivity contribution in [1.82, 2.24) is 4.98 Å². The summed E-state index contributed by atoms with van der Waals surface area (Å²) in [5, 5.41) is 10.9. The lowest BCUT2D eigenvalue weighted by Gasteiger charge is -2.31. The Hall–Kier alpha value is -1.16. The molecule has 1 aromatic heterocycles. The number of benzene rings is 1. The van der Waals surface area contributed by atoms with E-state index < -0.39 is 5.54 Å². The van der Waals surface area contributed by atoms with Gasteiger partial charge in [-0.1, -0.05) is 17.7 Å². The van der Waals surface area contributed by atoms with Crippen molar-refractivity contribution in [2.24, 2.45) is 5.73 Å². The van der Waals surface area contributed by atoms with Crippen molar-refractivity contribution in [3.05, 3.63) is 41.0 Å². The molecule has 3 N–H and O–H groups in total. The van der Waals surface area contributed by atoms with Gasteiger partial charge in [0.2, 0.25) is 0 Å². The van der Waals surface area contributed by atoms with Crippen molar-refractivity contribution in [1.29, 1.82) is 0 Å². The molecule has 0 aliphatic carbocycles. The van der Waals surface area contributed by atoms with Crippen LogP contribution in [0.4, 0.5) is 0 Å². The van der Waals surface area contributed by atoms with Crippen molar-refractivity contribution in [3.63, 3.8) is 0 Å². The highest BCUT2D eigenvalue weighted by molar-refractivity contribution is 6.35. The Morgan fingerprint density at radius 1 is 1.37 bits per heavy atom. The number of fused-ring (bicyclic) bond motifs is 1. The van der Waals surface area contributed by atoms with Crippen LogP contribution in [-0.2, 0) is 0 Å². The van der Waals surface area contributed by atoms with Gasteiger partial charge >= 0.3 is 0 Å². The molecule has 0 aliphatic heterocycles. The van der Waals surface area contributed by atoms with E-state index in [9.17, 15) is 5.11 Å². The number of aromatic nitrogens is 1. The number of hydrogen-bond donors (Lipinski definition) is 2. The van der Waals surface area contributed by atoms with Crippen molar-refractivity contribution in [3.8, 4) is 0 Å². The van der Waals surface area contributed by atoms with Gasteiger partial charge in [-0.3, -0.25) is 4.98 Å². The molecule has 2 aromatic rings. The standard InChI is InChI=1S/C15H19ClN2O/c1-15(2,17)12(7-9-19)10-5-6-13(16)11-4-3-8-18-14(10)11/h3-6,8,12,19H,7,9,17H2,1-2H3. The molecule has 0 saturated heterocycles. The number of aliphatic hydroxyl groups excluding tert-OH is 1. The summed E-state index contributed by atoms with van der Waals surface area (Å²) >= 11 is 6.20. The van der Waals surface area contributed by atoms with Gasteiger partial charge in [-0.05, 0) is 44.0 Å². The van der Waals surface area contributed by atoms with Gasteiger partial charge in [0.05, 0.1) is 5.52 Å². The van der Waals surface area contributed by atoms with Crippen LogP contribution in [-0.4, -0.2) is 22.2 Å². The van der Waals surface area contributed by atoms with Crippen LogP contribution >= 0.6 is 11.6 Å². The second kappa shape index (κ2) is 5.45. The van der Waals surface area contributed by atoms with Gasteiger partial charge in [0.15, 0.2) is 0 Å². The van der Waals surface area contributed by atoms with Gasteiger partial charge in [-0.2, -0.15) is 0 Å². The second-order valence-electron chi connectivity index (χ2n) is 5.42. The topological polar surface area (TPSA) is 59.1 Å². The third-order valence-corrected chi connectivity index (χ3v) is 3.77. The number of hydrogen-bond acceptors (Lipinski definition) is 3. The molecule has 1 heterocycles. The van der Waals surface area contributed by atoms with E-state index in [1.165, 1.54) is 0 Å². The zero-order chi connectivity index (χ0) is 14.0. The number of rotatable bonds is 4. The van der Waals surface area contributed by atoms with Crippen molar-refractivity contribution >= 4 is 22.5 Å². The van der Waals surface area contributed by atoms with E-state index >= 15 is 0 Å². The SMILES string of the molecule is CC(C)(N)C(CCO)c1ccc(Cl)c2cccnc12. The van der Waals surface area contributed by atoms with Gasteiger partial charge in [-0.15, -0.1) is 0 Å². The maximum Gasteiger partial charge on any atom is 0.0752 e. The molecule has 1 unspecified atom stereocenters. The van der Waals surface area contributed by atoms with Crippen LogP contribution in [0.25, 0.3) is 10.9 Å². The number of pyridine rings is 1. The van der Waals surface area contributed by atoms with Crippen molar-refractivity contribution < 1.29 is 5.11 Å². The highest BCUT2D eigenvalue weighted by Gasteiger charge is 2.28. The van der Waals surface area contributed by atoms with E-state index in [4.69, 9.17) is 17.3 Å². The predicted molar refractivity (Wildman–Crippen MR) is 79.5 cm³/mol. The first-order valence-electron chi connectivity index (χ1n) is 6.38. The van der Waals surface area contributed by atoms with Gasteiger partial charge in [0.25, 0.3) is 0 Å². The fourth-order valence-electron chi connectivity index (χ4n) is 2.50. The molecule has 0 bridgehead atoms. The predicted octanol–water partition coefficient (Wildman–Crippen LogP) is 3.09. The molecule has 2 rings (SSSR count). The minimum absolute atomic E-state index is 0.0344. The molecule has 102 valence electrons. The molecule has 1 atom stereocenters. The molecular formula is C15H19ClN2O. The second-order valence-corrected chi connectivity index (χ2v) is 5.83. The van der Waals surface area contributed by atoms with Gasteiger partial charge < -0.3 is 10.8 Å². The van der Waals surface area contributed by atoms with E-state index in [1.54, 1.807) is 6.20 Å². The molecular weight excluding hydrogens is 260 g/mol. The van der Waals surface area contributed by atoms with E-state index in [2.05, 4.69) is 4.98 Å². The number of aliphatic hydroxyl groups is 1. The Balaban J connectivity index is 2.64. The van der Waals surface area contributed by atoms with E-state index in [-0.39, 0.29) is 12.5 Å². The Labute approximate surface area is 118 Å². The summed E-state index contributed by atoms with van der Waals surface area (Å²) in [4.78, 5) is 4.44. The fraction of sp³-hybridized carbons (Fsp3) is 0.400. The zero-order valence-electron chi connectivity index (χ0n) is 11.2. The van der Waals surface area contributed by atoms with Crippen LogP contribution in [0.2, 0.25) is 5.02 Å². The van der Waals surface area contributed by atoms with Gasteiger partial charge in [-0.25, -0.2) is 0 Å². The fourth-order valence-corrected chi connectivity index (χ4v) is 2.71. The van der Waals surface area contributed by atoms with E-state index in [0.29, 0.717) is 11.4 Å². The summed E-state index contributed by atoms with van der Waals surface area (Å²) in [5.74, 6) is 0.0344. The highest BCUT2D eigenvalue weighted by atomic mass is 35.5. The van der Waals surface area contributed by atoms with E-state index in [0.717, 1.165) is 16.5 Å². The maximum atomic E-state index is 9.29. The third-order valence-electron chi connectivity index (χ3n) is 3.44. The molecule has 0 spiro atoms. The van der Waals surface area contributed by atoms with Crippen LogP contribution in [0.15, 0.2) is 30.5 Å². The number of nitrogens with two attached hydrogens (primary N) is 1. The molecule has 0 radical (unpaired) electrons. The lowest BCUT2D eigenvalue weighted by Crippen LogP contribution is -2.39. The molecule has 0 amide bonds. The molecule has 3 nitrogen and oxygen atoms in total. The molecule has 1 aromatic carbocycles. The van der Waals surface area contributed by atoms with Crippen molar-refractivity contribution in [2.75, 3.05) is 6.61 Å². The number of halogens is 1. The van der Waals surface area contributed by atoms with Crippen LogP contribution in [0.5, 0.6) is 0 Å². The Morgan fingerprint density at radius 3 is 2.74 bits per heavy atom. The minimum atomic E-state index is -0.430. The maximum absolute atomic E-state index is 9.29. The number of nitrogens with zero attached hydrogens (tertiary/aromatic N) is 1. The highest BCUT2D eigenvalue weighted by Crippen LogP contribution is 2.35. The first-order chi connectivity index (χ1) is 8.95. The van der Waals surface area contributed by atoms with Gasteiger partial charge in [0, 0.05) is 34.7 Å². The average Bonchev–Trinajstić information content (AvgIpc) is 2.36. The lowest BCUT2D eigenvalue weighted by atomic mass is 9.80. The Morgan fingerprint density at radius 2 is 2.11 bits per heavy atom. The summed E-state index contributed by atoms with van der Waals surface area (Å²) in [6.45, 7) is 4.04. The summed E-state index contributed by atoms with van der Waals surface area (Å²) in [6.07, 6.45) is 2.36. The first kappa shape index (κ1) is 14.3. The van der Waals surface area contributed by atoms with E-state index in [1.807, 2.05) is 38.1 Å². The molecule has 4 heteroatoms. The summed E-state index contributed by atoms with van der Waals surface area (Å²) in [7, 11) is 0. The lowest BCUT2D eigenvalue weighted by molar-refractivity contribution is 0.251. The van der Waals surface area contributed by atoms with Crippen LogP contribution in [0, 0.1) is 0 Å². The monoisotopic (exact) mass is 278 g/mol. The van der Waals surface area contributed by atoms with Gasteiger partial charge in [0.1, 0.15) is 0 Å². The first-order valence-corrected chi connectivity index (χ1v) is 6.76. The van der Waals surface area contributed by atoms with Crippen LogP contribution in [0.3, 0.4) is 0 Å². The largest absolute Gasteiger partial charge is 0.396 e. The third kappa shape index (κ3) is 2.89. The Bertz CT molecular complexity index is 578. The van der Waals surface area contributed by atoms with Crippen LogP contribution in [0.1, 0.15) is 31.7 Å². The minimum Gasteiger partial charge on any atom is -0.396 e. The Kier molecular flexibility index (Phi) is 4.09. The van der Waals surface area contributed by atoms with Crippen LogP contribution < -0.4 is 5.73 Å².